The quantitative estimate of drug-likeness (QED) is 0.783. The SMILES string of the molecule is Cl.Nc1cccn(C2CCCC[C@@H]2O)c1=O. The smallest absolute Gasteiger partial charge is 0.274 e. The van der Waals surface area contributed by atoms with Gasteiger partial charge >= 0.3 is 0 Å². The van der Waals surface area contributed by atoms with Crippen LogP contribution in [0.25, 0.3) is 0 Å². The Balaban J connectivity index is 0.00000128. The minimum absolute atomic E-state index is 0. The number of hydrogen-bond acceptors (Lipinski definition) is 3. The van der Waals surface area contributed by atoms with Gasteiger partial charge in [0.1, 0.15) is 0 Å². The molecule has 16 heavy (non-hydrogen) atoms. The molecule has 2 rings (SSSR count). The van der Waals surface area contributed by atoms with Crippen LogP contribution in [0.15, 0.2) is 23.1 Å². The fourth-order valence-electron chi connectivity index (χ4n) is 2.20. The average molecular weight is 245 g/mol. The normalized spacial score (nSPS) is 24.8. The first-order valence-corrected chi connectivity index (χ1v) is 5.35. The summed E-state index contributed by atoms with van der Waals surface area (Å²) >= 11 is 0. The Morgan fingerprint density at radius 3 is 2.75 bits per heavy atom. The Labute approximate surface area is 100 Å². The number of pyridine rings is 1. The number of anilines is 1. The molecule has 1 unspecified atom stereocenters. The zero-order chi connectivity index (χ0) is 10.8. The molecule has 1 fully saturated rings. The summed E-state index contributed by atoms with van der Waals surface area (Å²) in [4.78, 5) is 11.7. The van der Waals surface area contributed by atoms with Crippen LogP contribution in [0.5, 0.6) is 0 Å². The summed E-state index contributed by atoms with van der Waals surface area (Å²) < 4.78 is 1.57. The fraction of sp³-hybridized carbons (Fsp3) is 0.545. The maximum atomic E-state index is 11.7. The Hall–Kier alpha value is -1.00. The molecule has 1 aliphatic rings. The van der Waals surface area contributed by atoms with Crippen LogP contribution >= 0.6 is 12.4 Å². The van der Waals surface area contributed by atoms with E-state index in [1.54, 1.807) is 22.9 Å². The van der Waals surface area contributed by atoms with E-state index in [-0.39, 0.29) is 29.7 Å². The van der Waals surface area contributed by atoms with E-state index >= 15 is 0 Å². The molecule has 1 aliphatic carbocycles. The molecule has 0 aliphatic heterocycles. The third kappa shape index (κ3) is 2.39. The highest BCUT2D eigenvalue weighted by Gasteiger charge is 2.25. The molecular weight excluding hydrogens is 228 g/mol. The number of nitrogens with two attached hydrogens (primary N) is 1. The molecule has 1 aromatic heterocycles. The number of aliphatic hydroxyl groups is 1. The van der Waals surface area contributed by atoms with Crippen molar-refractivity contribution in [1.82, 2.24) is 4.57 Å². The van der Waals surface area contributed by atoms with Crippen molar-refractivity contribution in [2.75, 3.05) is 5.73 Å². The Bertz CT molecular complexity index is 405. The number of aliphatic hydroxyl groups excluding tert-OH is 1. The molecule has 0 radical (unpaired) electrons. The summed E-state index contributed by atoms with van der Waals surface area (Å²) in [5.74, 6) is 0. The minimum Gasteiger partial charge on any atom is -0.394 e. The van der Waals surface area contributed by atoms with Gasteiger partial charge in [-0.1, -0.05) is 12.8 Å². The van der Waals surface area contributed by atoms with Crippen molar-refractivity contribution in [2.45, 2.75) is 37.8 Å². The highest BCUT2D eigenvalue weighted by molar-refractivity contribution is 5.85. The predicted molar refractivity (Wildman–Crippen MR) is 65.9 cm³/mol. The summed E-state index contributed by atoms with van der Waals surface area (Å²) in [5.41, 5.74) is 5.61. The minimum atomic E-state index is -0.418. The molecule has 0 aromatic carbocycles. The molecule has 0 spiro atoms. The van der Waals surface area contributed by atoms with Gasteiger partial charge in [0.25, 0.3) is 5.56 Å². The van der Waals surface area contributed by atoms with E-state index in [1.165, 1.54) is 0 Å². The fourth-order valence-corrected chi connectivity index (χ4v) is 2.20. The molecule has 90 valence electrons. The predicted octanol–water partition coefficient (Wildman–Crippen LogP) is 1.33. The van der Waals surface area contributed by atoms with Crippen molar-refractivity contribution in [3.05, 3.63) is 28.7 Å². The van der Waals surface area contributed by atoms with Crippen molar-refractivity contribution < 1.29 is 5.11 Å². The molecule has 3 N–H and O–H groups in total. The van der Waals surface area contributed by atoms with Crippen molar-refractivity contribution in [3.8, 4) is 0 Å². The number of hydrogen-bond donors (Lipinski definition) is 2. The van der Waals surface area contributed by atoms with Crippen LogP contribution in [0.1, 0.15) is 31.7 Å². The van der Waals surface area contributed by atoms with E-state index < -0.39 is 6.10 Å². The van der Waals surface area contributed by atoms with Crippen LogP contribution < -0.4 is 11.3 Å². The first kappa shape index (κ1) is 13.1. The molecule has 0 bridgehead atoms. The molecule has 1 aromatic rings. The summed E-state index contributed by atoms with van der Waals surface area (Å²) in [6, 6.07) is 3.24. The molecule has 0 amide bonds. The summed E-state index contributed by atoms with van der Waals surface area (Å²) in [5, 5.41) is 9.84. The van der Waals surface area contributed by atoms with Crippen LogP contribution in [0.4, 0.5) is 5.69 Å². The average Bonchev–Trinajstić information content (AvgIpc) is 2.23. The zero-order valence-corrected chi connectivity index (χ0v) is 9.82. The number of rotatable bonds is 1. The van der Waals surface area contributed by atoms with Crippen LogP contribution in [0.2, 0.25) is 0 Å². The molecule has 1 heterocycles. The standard InChI is InChI=1S/C11H16N2O2.ClH/c12-8-4-3-7-13(11(8)15)9-5-1-2-6-10(9)14;/h3-4,7,9-10,14H,1-2,5-6,12H2;1H/t9?,10-;/m0./s1. The van der Waals surface area contributed by atoms with Gasteiger partial charge in [0.15, 0.2) is 0 Å². The lowest BCUT2D eigenvalue weighted by atomic mass is 9.92. The van der Waals surface area contributed by atoms with Gasteiger partial charge in [-0.25, -0.2) is 0 Å². The van der Waals surface area contributed by atoms with E-state index in [4.69, 9.17) is 5.73 Å². The highest BCUT2D eigenvalue weighted by atomic mass is 35.5. The molecule has 0 saturated heterocycles. The van der Waals surface area contributed by atoms with E-state index in [0.29, 0.717) is 0 Å². The maximum absolute atomic E-state index is 11.7. The number of nitrogen functional groups attached to an aromatic ring is 1. The number of halogens is 1. The monoisotopic (exact) mass is 244 g/mol. The second-order valence-corrected chi connectivity index (χ2v) is 4.10. The zero-order valence-electron chi connectivity index (χ0n) is 9.00. The topological polar surface area (TPSA) is 68.2 Å². The van der Waals surface area contributed by atoms with Gasteiger partial charge in [0.05, 0.1) is 17.8 Å². The van der Waals surface area contributed by atoms with Crippen molar-refractivity contribution in [3.63, 3.8) is 0 Å². The molecular formula is C11H17ClN2O2. The summed E-state index contributed by atoms with van der Waals surface area (Å²) in [6.07, 6.45) is 5.00. The summed E-state index contributed by atoms with van der Waals surface area (Å²) in [6.45, 7) is 0. The van der Waals surface area contributed by atoms with Gasteiger partial charge in [-0.05, 0) is 25.0 Å². The van der Waals surface area contributed by atoms with E-state index in [2.05, 4.69) is 0 Å². The van der Waals surface area contributed by atoms with Crippen LogP contribution in [-0.4, -0.2) is 15.8 Å². The second kappa shape index (κ2) is 5.37. The largest absolute Gasteiger partial charge is 0.394 e. The van der Waals surface area contributed by atoms with E-state index in [0.717, 1.165) is 25.7 Å². The Morgan fingerprint density at radius 1 is 1.38 bits per heavy atom. The second-order valence-electron chi connectivity index (χ2n) is 4.10. The number of nitrogens with zero attached hydrogens (tertiary/aromatic N) is 1. The van der Waals surface area contributed by atoms with Gasteiger partial charge in [-0.15, -0.1) is 12.4 Å². The van der Waals surface area contributed by atoms with Gasteiger partial charge < -0.3 is 15.4 Å². The third-order valence-corrected chi connectivity index (χ3v) is 3.06. The molecule has 1 saturated carbocycles. The molecule has 2 atom stereocenters. The van der Waals surface area contributed by atoms with Crippen LogP contribution in [-0.2, 0) is 0 Å². The summed E-state index contributed by atoms with van der Waals surface area (Å²) in [7, 11) is 0. The van der Waals surface area contributed by atoms with Crippen molar-refractivity contribution in [2.24, 2.45) is 0 Å². The third-order valence-electron chi connectivity index (χ3n) is 3.06. The Kier molecular flexibility index (Phi) is 4.38. The molecule has 4 nitrogen and oxygen atoms in total. The molecule has 5 heteroatoms. The lowest BCUT2D eigenvalue weighted by Gasteiger charge is -2.29. The van der Waals surface area contributed by atoms with Gasteiger partial charge in [0, 0.05) is 6.20 Å². The van der Waals surface area contributed by atoms with Crippen molar-refractivity contribution in [1.29, 1.82) is 0 Å². The first-order valence-electron chi connectivity index (χ1n) is 5.35. The maximum Gasteiger partial charge on any atom is 0.274 e. The van der Waals surface area contributed by atoms with Gasteiger partial charge in [-0.2, -0.15) is 0 Å². The van der Waals surface area contributed by atoms with Gasteiger partial charge in [0.2, 0.25) is 0 Å². The lowest BCUT2D eigenvalue weighted by Crippen LogP contribution is -2.35. The van der Waals surface area contributed by atoms with Gasteiger partial charge in [-0.3, -0.25) is 4.79 Å². The van der Waals surface area contributed by atoms with Crippen LogP contribution in [0, 0.1) is 0 Å². The van der Waals surface area contributed by atoms with E-state index in [1.807, 2.05) is 0 Å². The number of aromatic nitrogens is 1. The van der Waals surface area contributed by atoms with Crippen LogP contribution in [0.3, 0.4) is 0 Å². The van der Waals surface area contributed by atoms with E-state index in [9.17, 15) is 9.90 Å². The highest BCUT2D eigenvalue weighted by Crippen LogP contribution is 2.27. The first-order chi connectivity index (χ1) is 7.20. The van der Waals surface area contributed by atoms with Crippen molar-refractivity contribution >= 4 is 18.1 Å². The Morgan fingerprint density at radius 2 is 2.06 bits per heavy atom. The lowest BCUT2D eigenvalue weighted by molar-refractivity contribution is 0.0739.